The second-order valence-electron chi connectivity index (χ2n) is 4.16. The van der Waals surface area contributed by atoms with Crippen molar-refractivity contribution >= 4 is 25.9 Å². The first-order valence-electron chi connectivity index (χ1n) is 6.33. The Labute approximate surface area is 158 Å². The number of hydrogen-bond acceptors (Lipinski definition) is 0. The molecule has 0 amide bonds. The van der Waals surface area contributed by atoms with Crippen LogP contribution in [0.5, 0.6) is 0 Å². The minimum absolute atomic E-state index is 0. The summed E-state index contributed by atoms with van der Waals surface area (Å²) >= 11 is 1.30. The zero-order valence-corrected chi connectivity index (χ0v) is 15.9. The molecule has 4 rings (SSSR count). The second-order valence-corrected chi connectivity index (χ2v) is 4.16. The molecule has 0 unspecified atom stereocenters. The van der Waals surface area contributed by atoms with Crippen LogP contribution < -0.4 is 24.8 Å². The van der Waals surface area contributed by atoms with E-state index < -0.39 is 0 Å². The summed E-state index contributed by atoms with van der Waals surface area (Å²) in [6.07, 6.45) is 2.91. The Bertz CT molecular complexity index is 650. The first kappa shape index (κ1) is 20.9. The van der Waals surface area contributed by atoms with Gasteiger partial charge in [0.15, 0.2) is 0 Å². The molecule has 22 heavy (non-hydrogen) atoms. The van der Waals surface area contributed by atoms with Crippen LogP contribution in [0.25, 0.3) is 21.7 Å². The molecule has 0 aliphatic heterocycles. The summed E-state index contributed by atoms with van der Waals surface area (Å²) in [6.45, 7) is 0. The number of rotatable bonds is 0. The maximum Gasteiger partial charge on any atom is -0.0745 e. The molecule has 0 spiro atoms. The fraction of sp³-hybridized carbons (Fsp3) is 0. The van der Waals surface area contributed by atoms with Crippen molar-refractivity contribution in [3.63, 3.8) is 0 Å². The maximum absolute atomic E-state index is 3.34. The van der Waals surface area contributed by atoms with Crippen molar-refractivity contribution in [1.29, 1.82) is 0 Å². The Morgan fingerprint density at radius 2 is 1.50 bits per heavy atom. The first-order valence-corrected chi connectivity index (χ1v) is 8.07. The fourth-order valence-electron chi connectivity index (χ4n) is 2.00. The quantitative estimate of drug-likeness (QED) is 0.342. The molecule has 1 N–H and O–H groups in total. The maximum atomic E-state index is 3.34. The topological polar surface area (TPSA) is 15.8 Å². The molecule has 0 bridgehead atoms. The van der Waals surface area contributed by atoms with E-state index in [2.05, 4.69) is 63.9 Å². The zero-order chi connectivity index (χ0) is 14.2. The molecular formula is C18H15Cl2NZr-2. The molecule has 4 heteroatoms. The van der Waals surface area contributed by atoms with Gasteiger partial charge in [0.1, 0.15) is 0 Å². The minimum Gasteiger partial charge on any atom is -1.00 e. The molecule has 0 radical (unpaired) electrons. The molecule has 112 valence electrons. The number of benzene rings is 2. The summed E-state index contributed by atoms with van der Waals surface area (Å²) in [5.41, 5.74) is 1.15. The van der Waals surface area contributed by atoms with Gasteiger partial charge in [-0.05, 0) is 0 Å². The van der Waals surface area contributed by atoms with E-state index in [4.69, 9.17) is 0 Å². The van der Waals surface area contributed by atoms with Crippen LogP contribution in [-0.4, -0.2) is 9.20 Å². The van der Waals surface area contributed by atoms with Crippen molar-refractivity contribution < 1.29 is 49.0 Å². The summed E-state index contributed by atoms with van der Waals surface area (Å²) in [6, 6.07) is 24.7. The average Bonchev–Trinajstić information content (AvgIpc) is 3.18. The molecule has 0 aliphatic carbocycles. The van der Waals surface area contributed by atoms with Gasteiger partial charge in [-0.1, -0.05) is 18.2 Å². The van der Waals surface area contributed by atoms with Gasteiger partial charge < -0.3 is 29.8 Å². The predicted octanol–water partition coefficient (Wildman–Crippen LogP) is -1.50. The van der Waals surface area contributed by atoms with Gasteiger partial charge in [-0.3, -0.25) is 0 Å². The third-order valence-corrected chi connectivity index (χ3v) is 2.94. The van der Waals surface area contributed by atoms with Crippen molar-refractivity contribution in [3.8, 4) is 0 Å². The second kappa shape index (κ2) is 11.5. The van der Waals surface area contributed by atoms with Crippen molar-refractivity contribution in [3.05, 3.63) is 79.0 Å². The smallest absolute Gasteiger partial charge is 0.0745 e. The van der Waals surface area contributed by atoms with Crippen LogP contribution in [0.3, 0.4) is 0 Å². The van der Waals surface area contributed by atoms with Crippen molar-refractivity contribution in [2.24, 2.45) is 0 Å². The Hall–Kier alpha value is -1.08. The summed E-state index contributed by atoms with van der Waals surface area (Å²) in [7, 11) is 0. The molecule has 0 saturated carbocycles. The molecular weight excluding hydrogens is 392 g/mol. The van der Waals surface area contributed by atoms with Gasteiger partial charge in [0, 0.05) is 0 Å². The van der Waals surface area contributed by atoms with E-state index in [0.717, 1.165) is 5.52 Å². The number of aromatic nitrogens is 1. The van der Waals surface area contributed by atoms with Gasteiger partial charge in [-0.25, -0.2) is 0 Å². The number of H-pyrrole nitrogens is 1. The van der Waals surface area contributed by atoms with Gasteiger partial charge in [0.2, 0.25) is 0 Å². The number of fused-ring (bicyclic) bond motifs is 2. The van der Waals surface area contributed by atoms with E-state index in [0.29, 0.717) is 0 Å². The Kier molecular flexibility index (Phi) is 10.9. The van der Waals surface area contributed by atoms with E-state index in [1.165, 1.54) is 40.4 Å². The largest absolute Gasteiger partial charge is 1.00 e. The number of hydrogen-bond donors (Lipinski definition) is 1. The standard InChI is InChI=1S/C9H7.C8H6N.CH2.2ClH.Zr/c1-2-5-9-7-3-6-8(9)4-1;1-2-4-8-7(3-1)5-6-9-8;;;;/h1-7H;1-5,9H;1H2;2*1H;/q2*-1;;;;+2/p-2. The molecule has 0 atom stereocenters. The average molecular weight is 407 g/mol. The minimum atomic E-state index is 0. The van der Waals surface area contributed by atoms with Gasteiger partial charge >= 0.3 is 28.4 Å². The summed E-state index contributed by atoms with van der Waals surface area (Å²) in [4.78, 5) is 2.99. The van der Waals surface area contributed by atoms with Crippen LogP contribution >= 0.6 is 0 Å². The zero-order valence-electron chi connectivity index (χ0n) is 11.9. The fourth-order valence-corrected chi connectivity index (χ4v) is 2.00. The molecule has 0 aliphatic rings. The Morgan fingerprint density at radius 1 is 0.864 bits per heavy atom. The van der Waals surface area contributed by atoms with Gasteiger partial charge in [0.05, 0.1) is 0 Å². The third-order valence-electron chi connectivity index (χ3n) is 2.94. The molecule has 4 aromatic rings. The van der Waals surface area contributed by atoms with Gasteiger partial charge in [-0.2, -0.15) is 29.0 Å². The molecule has 1 heterocycles. The molecule has 1 nitrogen and oxygen atoms in total. The van der Waals surface area contributed by atoms with E-state index in [-0.39, 0.29) is 24.8 Å². The molecule has 3 aromatic carbocycles. The van der Waals surface area contributed by atoms with Crippen LogP contribution in [0.4, 0.5) is 0 Å². The van der Waals surface area contributed by atoms with Crippen LogP contribution in [-0.2, 0) is 24.2 Å². The molecule has 0 fully saturated rings. The van der Waals surface area contributed by atoms with Crippen LogP contribution in [0, 0.1) is 6.20 Å². The monoisotopic (exact) mass is 405 g/mol. The SMILES string of the molecule is [CH2]=[Zr+2].[Cl-].[Cl-].[c-]1cc2ccccc2[nH]1.c1ccc2[cH-]ccc2c1. The number of nitrogens with one attached hydrogen (secondary N) is 1. The number of aromatic amines is 1. The summed E-state index contributed by atoms with van der Waals surface area (Å²) in [5.74, 6) is 0. The van der Waals surface area contributed by atoms with E-state index in [9.17, 15) is 0 Å². The van der Waals surface area contributed by atoms with E-state index in [1.807, 2.05) is 24.3 Å². The van der Waals surface area contributed by atoms with Crippen molar-refractivity contribution in [2.45, 2.75) is 0 Å². The van der Waals surface area contributed by atoms with Crippen LogP contribution in [0.2, 0.25) is 0 Å². The van der Waals surface area contributed by atoms with E-state index in [1.54, 1.807) is 0 Å². The number of para-hydroxylation sites is 1. The Balaban J connectivity index is 0.000000334. The molecule has 1 aromatic heterocycles. The number of halogens is 2. The van der Waals surface area contributed by atoms with Crippen LogP contribution in [0.15, 0.2) is 72.8 Å². The van der Waals surface area contributed by atoms with Crippen molar-refractivity contribution in [1.82, 2.24) is 4.98 Å². The normalized spacial score (nSPS) is 8.64. The van der Waals surface area contributed by atoms with Crippen LogP contribution in [0.1, 0.15) is 0 Å². The predicted molar refractivity (Wildman–Crippen MR) is 83.8 cm³/mol. The van der Waals surface area contributed by atoms with E-state index >= 15 is 0 Å². The van der Waals surface area contributed by atoms with Crippen molar-refractivity contribution in [2.75, 3.05) is 0 Å². The molecule has 0 saturated heterocycles. The Morgan fingerprint density at radius 3 is 2.18 bits per heavy atom. The van der Waals surface area contributed by atoms with Gasteiger partial charge in [-0.15, -0.1) is 53.5 Å². The van der Waals surface area contributed by atoms with Gasteiger partial charge in [0.25, 0.3) is 0 Å². The third kappa shape index (κ3) is 5.61. The first-order chi connectivity index (χ1) is 9.93. The summed E-state index contributed by atoms with van der Waals surface area (Å²) < 4.78 is 3.34. The summed E-state index contributed by atoms with van der Waals surface area (Å²) in [5, 5.41) is 3.88.